The first-order valence-electron chi connectivity index (χ1n) is 5.97. The van der Waals surface area contributed by atoms with E-state index in [9.17, 15) is 13.8 Å². The first-order chi connectivity index (χ1) is 9.40. The number of nitrogens with zero attached hydrogens (tertiary/aromatic N) is 1. The van der Waals surface area contributed by atoms with Gasteiger partial charge in [0.15, 0.2) is 0 Å². The van der Waals surface area contributed by atoms with Gasteiger partial charge in [-0.2, -0.15) is 4.21 Å². The van der Waals surface area contributed by atoms with Gasteiger partial charge in [0.1, 0.15) is 0 Å². The van der Waals surface area contributed by atoms with Crippen molar-refractivity contribution in [1.82, 2.24) is 4.90 Å². The molecule has 10 heteroatoms. The van der Waals surface area contributed by atoms with Gasteiger partial charge in [0.05, 0.1) is 17.7 Å². The topological polar surface area (TPSA) is 83.9 Å². The second-order valence-corrected chi connectivity index (χ2v) is 6.62. The van der Waals surface area contributed by atoms with E-state index >= 15 is 0 Å². The van der Waals surface area contributed by atoms with Crippen molar-refractivity contribution in [1.29, 1.82) is 0 Å². The van der Waals surface area contributed by atoms with Crippen molar-refractivity contribution in [3.05, 3.63) is 35.4 Å². The minimum Gasteiger partial charge on any atom is -1.00 e. The van der Waals surface area contributed by atoms with Crippen LogP contribution in [0.25, 0.3) is 0 Å². The van der Waals surface area contributed by atoms with Gasteiger partial charge >= 0.3 is 59.1 Å². The summed E-state index contributed by atoms with van der Waals surface area (Å²) in [6, 6.07) is 6.67. The van der Waals surface area contributed by atoms with E-state index < -0.39 is 9.05 Å². The number of amides is 2. The van der Waals surface area contributed by atoms with Crippen LogP contribution in [0.1, 0.15) is 36.4 Å². The fourth-order valence-electron chi connectivity index (χ4n) is 1.98. The van der Waals surface area contributed by atoms with E-state index in [0.717, 1.165) is 0 Å². The number of hydrogen-bond donors (Lipinski definition) is 1. The molecule has 2 rings (SSSR count). The predicted molar refractivity (Wildman–Crippen MR) is 77.4 cm³/mol. The molecule has 1 aromatic rings. The molecule has 1 aliphatic rings. The number of benzene rings is 1. The van der Waals surface area contributed by atoms with Crippen LogP contribution in [0.15, 0.2) is 24.3 Å². The fourth-order valence-corrected chi connectivity index (χ4v) is 2.51. The molecule has 0 bridgehead atoms. The van der Waals surface area contributed by atoms with Crippen molar-refractivity contribution in [2.45, 2.75) is 12.8 Å². The van der Waals surface area contributed by atoms with E-state index in [-0.39, 0.29) is 86.9 Å². The maximum Gasteiger partial charge on any atom is 1.00 e. The van der Waals surface area contributed by atoms with Gasteiger partial charge in [-0.25, -0.2) is 0 Å². The van der Waals surface area contributed by atoms with Crippen LogP contribution in [0, 0.1) is 0 Å². The summed E-state index contributed by atoms with van der Waals surface area (Å²) >= 11 is 4.17. The zero-order chi connectivity index (χ0) is 14.8. The van der Waals surface area contributed by atoms with Crippen LogP contribution in [-0.2, 0) is 24.4 Å². The summed E-state index contributed by atoms with van der Waals surface area (Å²) in [5.41, 5.74) is 0.829. The molecule has 0 saturated heterocycles. The molecule has 2 amide bonds. The zero-order valence-electron chi connectivity index (χ0n) is 14.5. The van der Waals surface area contributed by atoms with Gasteiger partial charge in [0, 0.05) is 17.7 Å². The Kier molecular flexibility index (Phi) is 10.1. The summed E-state index contributed by atoms with van der Waals surface area (Å²) in [6.07, 6.45) is 0.915. The molecule has 0 saturated carbocycles. The minimum atomic E-state index is -3.60. The SMILES string of the molecule is O=C1c2ccccc2C(=O)N1CCCCOS(=O)(O)=S.[H-].[H-].[Na+].[Na+]. The molecule has 1 aliphatic heterocycles. The zero-order valence-corrected chi connectivity index (χ0v) is 18.1. The number of fused-ring (bicyclic) bond motifs is 1. The minimum absolute atomic E-state index is 0. The summed E-state index contributed by atoms with van der Waals surface area (Å²) in [6.45, 7) is 0.266. The second-order valence-electron chi connectivity index (χ2n) is 4.26. The number of unbranched alkanes of at least 4 members (excludes halogenated alkanes) is 1. The molecule has 6 nitrogen and oxygen atoms in total. The summed E-state index contributed by atoms with van der Waals surface area (Å²) in [5.74, 6) is -0.610. The first-order valence-corrected chi connectivity index (χ1v) is 8.34. The van der Waals surface area contributed by atoms with E-state index in [1.807, 2.05) is 0 Å². The molecular weight excluding hydrogens is 348 g/mol. The Morgan fingerprint density at radius 3 is 2.09 bits per heavy atom. The van der Waals surface area contributed by atoms with Gasteiger partial charge in [0.2, 0.25) is 0 Å². The van der Waals surface area contributed by atoms with E-state index in [0.29, 0.717) is 24.0 Å². The van der Waals surface area contributed by atoms with Gasteiger partial charge in [0.25, 0.3) is 20.9 Å². The molecule has 22 heavy (non-hydrogen) atoms. The molecule has 1 aromatic carbocycles. The number of carbonyl (C=O) groups excluding carboxylic acids is 2. The van der Waals surface area contributed by atoms with Crippen LogP contribution in [0.4, 0.5) is 0 Å². The fraction of sp³-hybridized carbons (Fsp3) is 0.333. The van der Waals surface area contributed by atoms with Crippen LogP contribution in [-0.4, -0.2) is 38.6 Å². The Morgan fingerprint density at radius 2 is 1.64 bits per heavy atom. The van der Waals surface area contributed by atoms with Crippen LogP contribution in [0.2, 0.25) is 0 Å². The molecule has 112 valence electrons. The molecule has 0 radical (unpaired) electrons. The van der Waals surface area contributed by atoms with Crippen LogP contribution < -0.4 is 59.1 Å². The quantitative estimate of drug-likeness (QED) is 0.311. The van der Waals surface area contributed by atoms with Crippen molar-refractivity contribution < 1.29 is 84.5 Å². The normalized spacial score (nSPS) is 15.6. The van der Waals surface area contributed by atoms with E-state index in [1.165, 1.54) is 4.90 Å². The molecule has 1 N–H and O–H groups in total. The van der Waals surface area contributed by atoms with Crippen molar-refractivity contribution in [3.63, 3.8) is 0 Å². The molecule has 1 unspecified atom stereocenters. The molecule has 0 spiro atoms. The van der Waals surface area contributed by atoms with Crippen molar-refractivity contribution in [3.8, 4) is 0 Å². The maximum absolute atomic E-state index is 12.0. The van der Waals surface area contributed by atoms with Crippen molar-refractivity contribution >= 4 is 32.1 Å². The Morgan fingerprint density at radius 1 is 1.14 bits per heavy atom. The number of carbonyl (C=O) groups is 2. The van der Waals surface area contributed by atoms with Crippen LogP contribution in [0.5, 0.6) is 0 Å². The Hall–Kier alpha value is 0.650. The first kappa shape index (κ1) is 22.6. The number of rotatable bonds is 6. The third-order valence-corrected chi connectivity index (χ3v) is 3.64. The number of imide groups is 1. The van der Waals surface area contributed by atoms with Crippen LogP contribution in [0.3, 0.4) is 0 Å². The molecular formula is C12H15NNa2O5S2. The largest absolute Gasteiger partial charge is 1.00 e. The summed E-state index contributed by atoms with van der Waals surface area (Å²) in [5, 5.41) is 0. The summed E-state index contributed by atoms with van der Waals surface area (Å²) in [7, 11) is -3.60. The average Bonchev–Trinajstić information content (AvgIpc) is 2.62. The predicted octanol–water partition coefficient (Wildman–Crippen LogP) is -4.55. The van der Waals surface area contributed by atoms with Gasteiger partial charge < -0.3 is 2.85 Å². The molecule has 0 aliphatic carbocycles. The van der Waals surface area contributed by atoms with Crippen LogP contribution >= 0.6 is 0 Å². The summed E-state index contributed by atoms with van der Waals surface area (Å²) in [4.78, 5) is 25.2. The Bertz CT molecular complexity index is 626. The molecule has 1 heterocycles. The standard InChI is InChI=1S/C12H13NO5S2.2Na.2H/c14-11-9-5-1-2-6-10(9)12(15)13(11)7-3-4-8-18-20(16,17)19;;;;/h1-2,5-6H,3-4,7-8H2,(H,16,17,19);;;;/q;2*+1;2*-1. The van der Waals surface area contributed by atoms with Gasteiger partial charge in [-0.05, 0) is 25.0 Å². The average molecular weight is 363 g/mol. The van der Waals surface area contributed by atoms with E-state index in [2.05, 4.69) is 15.4 Å². The number of hydrogen-bond acceptors (Lipinski definition) is 5. The van der Waals surface area contributed by atoms with Gasteiger partial charge in [-0.15, -0.1) is 0 Å². The summed E-state index contributed by atoms with van der Waals surface area (Å²) < 4.78 is 23.9. The third-order valence-electron chi connectivity index (χ3n) is 2.89. The molecule has 0 aromatic heterocycles. The molecule has 1 atom stereocenters. The van der Waals surface area contributed by atoms with Crippen molar-refractivity contribution in [2.75, 3.05) is 13.2 Å². The maximum atomic E-state index is 12.0. The van der Waals surface area contributed by atoms with Gasteiger partial charge in [-0.3, -0.25) is 23.2 Å². The molecule has 0 fully saturated rings. The van der Waals surface area contributed by atoms with Gasteiger partial charge in [-0.1, -0.05) is 12.1 Å². The monoisotopic (exact) mass is 363 g/mol. The third kappa shape index (κ3) is 5.94. The smallest absolute Gasteiger partial charge is 1.00 e. The second kappa shape index (κ2) is 9.83. The van der Waals surface area contributed by atoms with Crippen molar-refractivity contribution in [2.24, 2.45) is 0 Å². The van der Waals surface area contributed by atoms with E-state index in [1.54, 1.807) is 24.3 Å². The van der Waals surface area contributed by atoms with E-state index in [4.69, 9.17) is 4.55 Å². The Labute approximate surface area is 181 Å². The Balaban J connectivity index is -0.00000110.